The standard InChI is InChI=1S/C18H17F2N3OS2/c19-14-6-5-12(9-15(14)20)11-26-18-22-21-17(16-4-2-8-25-16)23(18)10-13-3-1-7-24-13/h2,4-6,8-9,13H,1,3,7,10-11H2/t13-/m0/s1. The van der Waals surface area contributed by atoms with Crippen LogP contribution in [0.2, 0.25) is 0 Å². The van der Waals surface area contributed by atoms with Crippen LogP contribution >= 0.6 is 23.1 Å². The highest BCUT2D eigenvalue weighted by molar-refractivity contribution is 7.98. The molecule has 8 heteroatoms. The van der Waals surface area contributed by atoms with Crippen LogP contribution in [0.15, 0.2) is 40.9 Å². The van der Waals surface area contributed by atoms with E-state index in [2.05, 4.69) is 14.8 Å². The van der Waals surface area contributed by atoms with E-state index in [9.17, 15) is 8.78 Å². The summed E-state index contributed by atoms with van der Waals surface area (Å²) < 4.78 is 34.4. The number of aromatic nitrogens is 3. The lowest BCUT2D eigenvalue weighted by Gasteiger charge is -2.14. The lowest BCUT2D eigenvalue weighted by molar-refractivity contribution is 0.0953. The van der Waals surface area contributed by atoms with Crippen molar-refractivity contribution in [1.29, 1.82) is 0 Å². The first kappa shape index (κ1) is 17.6. The summed E-state index contributed by atoms with van der Waals surface area (Å²) in [6, 6.07) is 7.97. The quantitative estimate of drug-likeness (QED) is 0.567. The topological polar surface area (TPSA) is 39.9 Å². The summed E-state index contributed by atoms with van der Waals surface area (Å²) in [4.78, 5) is 1.05. The first-order chi connectivity index (χ1) is 12.7. The Bertz CT molecular complexity index is 877. The van der Waals surface area contributed by atoms with Gasteiger partial charge in [-0.05, 0) is 42.0 Å². The molecule has 1 aliphatic heterocycles. The van der Waals surface area contributed by atoms with Gasteiger partial charge in [0.1, 0.15) is 0 Å². The van der Waals surface area contributed by atoms with Gasteiger partial charge in [-0.3, -0.25) is 4.57 Å². The van der Waals surface area contributed by atoms with Gasteiger partial charge in [-0.2, -0.15) is 0 Å². The van der Waals surface area contributed by atoms with Gasteiger partial charge in [-0.25, -0.2) is 8.78 Å². The molecular formula is C18H17F2N3OS2. The zero-order valence-electron chi connectivity index (χ0n) is 13.9. The molecule has 0 aliphatic carbocycles. The molecule has 0 radical (unpaired) electrons. The van der Waals surface area contributed by atoms with E-state index in [0.29, 0.717) is 17.9 Å². The molecule has 3 heterocycles. The van der Waals surface area contributed by atoms with Gasteiger partial charge in [0.25, 0.3) is 0 Å². The highest BCUT2D eigenvalue weighted by Crippen LogP contribution is 2.30. The molecule has 1 atom stereocenters. The van der Waals surface area contributed by atoms with E-state index in [0.717, 1.165) is 41.4 Å². The van der Waals surface area contributed by atoms with Gasteiger partial charge in [0.05, 0.1) is 17.5 Å². The number of nitrogens with zero attached hydrogens (tertiary/aromatic N) is 3. The average Bonchev–Trinajstić information content (AvgIpc) is 3.38. The highest BCUT2D eigenvalue weighted by Gasteiger charge is 2.22. The average molecular weight is 393 g/mol. The number of hydrogen-bond donors (Lipinski definition) is 0. The first-order valence-corrected chi connectivity index (χ1v) is 10.2. The molecule has 1 aliphatic rings. The van der Waals surface area contributed by atoms with E-state index in [1.165, 1.54) is 17.8 Å². The predicted molar refractivity (Wildman–Crippen MR) is 98.2 cm³/mol. The van der Waals surface area contributed by atoms with Crippen molar-refractivity contribution < 1.29 is 13.5 Å². The van der Waals surface area contributed by atoms with E-state index in [-0.39, 0.29) is 6.10 Å². The summed E-state index contributed by atoms with van der Waals surface area (Å²) in [5, 5.41) is 11.5. The van der Waals surface area contributed by atoms with Crippen LogP contribution in [0, 0.1) is 11.6 Å². The van der Waals surface area contributed by atoms with Crippen molar-refractivity contribution in [1.82, 2.24) is 14.8 Å². The Labute approximate surface area is 158 Å². The van der Waals surface area contributed by atoms with Crippen molar-refractivity contribution >= 4 is 23.1 Å². The number of rotatable bonds is 6. The second-order valence-corrected chi connectivity index (χ2v) is 7.96. The SMILES string of the molecule is Fc1ccc(CSc2nnc(-c3cccs3)n2C[C@@H]2CCCO2)cc1F. The Kier molecular flexibility index (Phi) is 5.33. The Morgan fingerprint density at radius 3 is 2.88 bits per heavy atom. The molecule has 3 aromatic rings. The van der Waals surface area contributed by atoms with Crippen molar-refractivity contribution in [3.8, 4) is 10.7 Å². The van der Waals surface area contributed by atoms with Gasteiger partial charge in [0, 0.05) is 12.4 Å². The third-order valence-corrected chi connectivity index (χ3v) is 6.12. The number of benzene rings is 1. The largest absolute Gasteiger partial charge is 0.376 e. The van der Waals surface area contributed by atoms with Crippen LogP contribution in [-0.4, -0.2) is 27.5 Å². The molecule has 4 nitrogen and oxygen atoms in total. The van der Waals surface area contributed by atoms with Gasteiger partial charge < -0.3 is 4.74 Å². The van der Waals surface area contributed by atoms with Crippen LogP contribution in [0.3, 0.4) is 0 Å². The molecule has 0 amide bonds. The molecule has 0 N–H and O–H groups in total. The van der Waals surface area contributed by atoms with Gasteiger partial charge in [-0.1, -0.05) is 23.9 Å². The van der Waals surface area contributed by atoms with E-state index >= 15 is 0 Å². The van der Waals surface area contributed by atoms with Crippen LogP contribution < -0.4 is 0 Å². The molecule has 0 unspecified atom stereocenters. The molecule has 1 saturated heterocycles. The number of halogens is 2. The second-order valence-electron chi connectivity index (χ2n) is 6.07. The molecule has 0 spiro atoms. The van der Waals surface area contributed by atoms with Crippen LogP contribution in [-0.2, 0) is 17.0 Å². The summed E-state index contributed by atoms with van der Waals surface area (Å²) in [7, 11) is 0. The van der Waals surface area contributed by atoms with E-state index in [1.54, 1.807) is 17.4 Å². The third-order valence-electron chi connectivity index (χ3n) is 4.22. The summed E-state index contributed by atoms with van der Waals surface area (Å²) in [5.74, 6) is -0.350. The van der Waals surface area contributed by atoms with E-state index in [1.807, 2.05) is 17.5 Å². The number of ether oxygens (including phenoxy) is 1. The number of thioether (sulfide) groups is 1. The van der Waals surface area contributed by atoms with Gasteiger partial charge in [0.15, 0.2) is 22.6 Å². The van der Waals surface area contributed by atoms with Gasteiger partial charge >= 0.3 is 0 Å². The van der Waals surface area contributed by atoms with Crippen LogP contribution in [0.4, 0.5) is 8.78 Å². The van der Waals surface area contributed by atoms with Crippen LogP contribution in [0.25, 0.3) is 10.7 Å². The molecule has 136 valence electrons. The van der Waals surface area contributed by atoms with Crippen LogP contribution in [0.1, 0.15) is 18.4 Å². The van der Waals surface area contributed by atoms with E-state index in [4.69, 9.17) is 4.74 Å². The molecule has 2 aromatic heterocycles. The normalized spacial score (nSPS) is 17.1. The fourth-order valence-corrected chi connectivity index (χ4v) is 4.53. The maximum atomic E-state index is 13.4. The maximum Gasteiger partial charge on any atom is 0.191 e. The summed E-state index contributed by atoms with van der Waals surface area (Å²) in [6.07, 6.45) is 2.25. The van der Waals surface area contributed by atoms with Crippen molar-refractivity contribution in [3.05, 3.63) is 52.9 Å². The lowest BCUT2D eigenvalue weighted by Crippen LogP contribution is -2.16. The first-order valence-electron chi connectivity index (χ1n) is 8.36. The summed E-state index contributed by atoms with van der Waals surface area (Å²) >= 11 is 3.08. The third kappa shape index (κ3) is 3.82. The molecule has 0 saturated carbocycles. The predicted octanol–water partition coefficient (Wildman–Crippen LogP) is 4.76. The molecule has 0 bridgehead atoms. The van der Waals surface area contributed by atoms with Gasteiger partial charge in [0.2, 0.25) is 0 Å². The fraction of sp³-hybridized carbons (Fsp3) is 0.333. The molecule has 1 fully saturated rings. The van der Waals surface area contributed by atoms with Crippen molar-refractivity contribution in [2.24, 2.45) is 0 Å². The Morgan fingerprint density at radius 2 is 2.15 bits per heavy atom. The Hall–Kier alpha value is -1.77. The Balaban J connectivity index is 1.57. The summed E-state index contributed by atoms with van der Waals surface area (Å²) in [5.41, 5.74) is 0.707. The fourth-order valence-electron chi connectivity index (χ4n) is 2.92. The summed E-state index contributed by atoms with van der Waals surface area (Å²) in [6.45, 7) is 1.48. The minimum atomic E-state index is -0.833. The smallest absolute Gasteiger partial charge is 0.191 e. The van der Waals surface area contributed by atoms with Crippen molar-refractivity contribution in [3.63, 3.8) is 0 Å². The molecule has 4 rings (SSSR count). The maximum absolute atomic E-state index is 13.4. The monoisotopic (exact) mass is 393 g/mol. The minimum absolute atomic E-state index is 0.160. The molecule has 1 aromatic carbocycles. The number of thiophene rings is 1. The van der Waals surface area contributed by atoms with Crippen molar-refractivity contribution in [2.45, 2.75) is 36.4 Å². The second kappa shape index (κ2) is 7.85. The zero-order chi connectivity index (χ0) is 17.9. The zero-order valence-corrected chi connectivity index (χ0v) is 15.5. The lowest BCUT2D eigenvalue weighted by atomic mass is 10.2. The molecule has 26 heavy (non-hydrogen) atoms. The highest BCUT2D eigenvalue weighted by atomic mass is 32.2. The van der Waals surface area contributed by atoms with E-state index < -0.39 is 11.6 Å². The number of hydrogen-bond acceptors (Lipinski definition) is 5. The Morgan fingerprint density at radius 1 is 1.23 bits per heavy atom. The van der Waals surface area contributed by atoms with Crippen molar-refractivity contribution in [2.75, 3.05) is 6.61 Å². The minimum Gasteiger partial charge on any atom is -0.376 e. The van der Waals surface area contributed by atoms with Gasteiger partial charge in [-0.15, -0.1) is 21.5 Å². The molecular weight excluding hydrogens is 376 g/mol. The van der Waals surface area contributed by atoms with Crippen LogP contribution in [0.5, 0.6) is 0 Å².